The normalized spacial score (nSPS) is 11.2. The number of rotatable bonds is 1. The number of halogens is 4. The third-order valence-electron chi connectivity index (χ3n) is 2.52. The minimum atomic E-state index is 0.219. The molecule has 0 bridgehead atoms. The lowest BCUT2D eigenvalue weighted by Crippen LogP contribution is -1.81. The van der Waals surface area contributed by atoms with Gasteiger partial charge in [-0.05, 0) is 24.3 Å². The van der Waals surface area contributed by atoms with Crippen molar-refractivity contribution < 1.29 is 0 Å². The van der Waals surface area contributed by atoms with Crippen LogP contribution >= 0.6 is 46.4 Å². The summed E-state index contributed by atoms with van der Waals surface area (Å²) in [6, 6.07) is 6.85. The third-order valence-corrected chi connectivity index (χ3v) is 3.63. The molecule has 0 radical (unpaired) electrons. The summed E-state index contributed by atoms with van der Waals surface area (Å²) in [5.74, 6) is 0.602. The van der Waals surface area contributed by atoms with Crippen LogP contribution in [0, 0.1) is 0 Å². The molecule has 1 N–H and O–H groups in total. The van der Waals surface area contributed by atoms with Gasteiger partial charge >= 0.3 is 0 Å². The molecule has 3 aromatic rings. The van der Waals surface area contributed by atoms with Gasteiger partial charge in [0.05, 0.1) is 10.5 Å². The van der Waals surface area contributed by atoms with Crippen LogP contribution in [-0.2, 0) is 0 Å². The standard InChI is InChI=1S/C12H5Cl4N3/c13-6-1-5(2-7(14)3-6)11-17-9-4-8(15)10(16)18-12(9)19-11/h1-4H,(H,17,18,19). The van der Waals surface area contributed by atoms with Crippen LogP contribution in [0.25, 0.3) is 22.6 Å². The summed E-state index contributed by atoms with van der Waals surface area (Å²) >= 11 is 23.7. The van der Waals surface area contributed by atoms with Gasteiger partial charge in [-0.15, -0.1) is 0 Å². The van der Waals surface area contributed by atoms with E-state index in [9.17, 15) is 0 Å². The number of H-pyrrole nitrogens is 1. The van der Waals surface area contributed by atoms with E-state index in [1.165, 1.54) is 0 Å². The molecular weight excluding hydrogens is 328 g/mol. The molecule has 96 valence electrons. The molecule has 2 heterocycles. The fourth-order valence-electron chi connectivity index (χ4n) is 1.72. The van der Waals surface area contributed by atoms with Crippen molar-refractivity contribution in [2.45, 2.75) is 0 Å². The minimum absolute atomic E-state index is 0.219. The number of hydrogen-bond acceptors (Lipinski definition) is 2. The molecule has 3 nitrogen and oxygen atoms in total. The lowest BCUT2D eigenvalue weighted by molar-refractivity contribution is 1.30. The molecule has 0 aliphatic heterocycles. The molecule has 0 aliphatic carbocycles. The average molecular weight is 333 g/mol. The van der Waals surface area contributed by atoms with Crippen molar-refractivity contribution in [2.24, 2.45) is 0 Å². The molecule has 1 aromatic carbocycles. The Morgan fingerprint density at radius 2 is 1.53 bits per heavy atom. The van der Waals surface area contributed by atoms with E-state index in [0.29, 0.717) is 32.1 Å². The Balaban J connectivity index is 2.20. The number of nitrogens with zero attached hydrogens (tertiary/aromatic N) is 2. The summed E-state index contributed by atoms with van der Waals surface area (Å²) in [4.78, 5) is 11.5. The van der Waals surface area contributed by atoms with Crippen LogP contribution in [0.2, 0.25) is 20.2 Å². The van der Waals surface area contributed by atoms with Gasteiger partial charge in [0.1, 0.15) is 11.0 Å². The fraction of sp³-hybridized carbons (Fsp3) is 0. The lowest BCUT2D eigenvalue weighted by atomic mass is 10.2. The summed E-state index contributed by atoms with van der Waals surface area (Å²) in [6.45, 7) is 0. The molecule has 0 saturated heterocycles. The SMILES string of the molecule is Clc1cc(Cl)cc(-c2nc3nc(Cl)c(Cl)cc3[nH]2)c1. The van der Waals surface area contributed by atoms with Gasteiger partial charge < -0.3 is 4.98 Å². The van der Waals surface area contributed by atoms with Crippen LogP contribution in [0.3, 0.4) is 0 Å². The first-order chi connectivity index (χ1) is 9.02. The van der Waals surface area contributed by atoms with E-state index in [4.69, 9.17) is 46.4 Å². The maximum atomic E-state index is 5.97. The second-order valence-corrected chi connectivity index (χ2v) is 5.51. The predicted octanol–water partition coefficient (Wildman–Crippen LogP) is 5.24. The molecule has 0 atom stereocenters. The molecular formula is C12H5Cl4N3. The zero-order chi connectivity index (χ0) is 13.6. The van der Waals surface area contributed by atoms with Crippen LogP contribution in [0.15, 0.2) is 24.3 Å². The molecule has 0 amide bonds. The zero-order valence-corrected chi connectivity index (χ0v) is 12.2. The highest BCUT2D eigenvalue weighted by atomic mass is 35.5. The van der Waals surface area contributed by atoms with Crippen LogP contribution in [0.5, 0.6) is 0 Å². The van der Waals surface area contributed by atoms with E-state index >= 15 is 0 Å². The van der Waals surface area contributed by atoms with E-state index in [2.05, 4.69) is 15.0 Å². The Bertz CT molecular complexity index is 723. The number of fused-ring (bicyclic) bond motifs is 1. The molecule has 7 heteroatoms. The Morgan fingerprint density at radius 1 is 0.842 bits per heavy atom. The molecule has 19 heavy (non-hydrogen) atoms. The van der Waals surface area contributed by atoms with Crippen molar-refractivity contribution in [1.82, 2.24) is 15.0 Å². The quantitative estimate of drug-likeness (QED) is 0.619. The molecule has 3 rings (SSSR count). The summed E-state index contributed by atoms with van der Waals surface area (Å²) in [7, 11) is 0. The van der Waals surface area contributed by atoms with Crippen LogP contribution < -0.4 is 0 Å². The number of nitrogens with one attached hydrogen (secondary N) is 1. The highest BCUT2D eigenvalue weighted by Crippen LogP contribution is 2.29. The van der Waals surface area contributed by atoms with Gasteiger partial charge in [0, 0.05) is 15.6 Å². The van der Waals surface area contributed by atoms with Crippen molar-refractivity contribution in [2.75, 3.05) is 0 Å². The van der Waals surface area contributed by atoms with E-state index in [-0.39, 0.29) is 5.15 Å². The summed E-state index contributed by atoms with van der Waals surface area (Å²) in [5, 5.41) is 1.66. The number of benzene rings is 1. The largest absolute Gasteiger partial charge is 0.337 e. The van der Waals surface area contributed by atoms with Crippen molar-refractivity contribution in [1.29, 1.82) is 0 Å². The number of aromatic nitrogens is 3. The first-order valence-electron chi connectivity index (χ1n) is 5.21. The third kappa shape index (κ3) is 2.51. The second kappa shape index (κ2) is 4.84. The topological polar surface area (TPSA) is 41.6 Å². The van der Waals surface area contributed by atoms with Crippen molar-refractivity contribution in [3.63, 3.8) is 0 Å². The first-order valence-corrected chi connectivity index (χ1v) is 6.72. The van der Waals surface area contributed by atoms with Gasteiger partial charge in [-0.2, -0.15) is 0 Å². The van der Waals surface area contributed by atoms with Gasteiger partial charge in [-0.25, -0.2) is 9.97 Å². The lowest BCUT2D eigenvalue weighted by Gasteiger charge is -1.98. The fourth-order valence-corrected chi connectivity index (χ4v) is 2.54. The number of imidazole rings is 1. The second-order valence-electron chi connectivity index (χ2n) is 3.88. The van der Waals surface area contributed by atoms with Crippen LogP contribution in [0.1, 0.15) is 0 Å². The highest BCUT2D eigenvalue weighted by molar-refractivity contribution is 6.41. The summed E-state index contributed by atoms with van der Waals surface area (Å²) < 4.78 is 0. The molecule has 0 fully saturated rings. The van der Waals surface area contributed by atoms with E-state index in [1.807, 2.05) is 0 Å². The predicted molar refractivity (Wildman–Crippen MR) is 79.4 cm³/mol. The van der Waals surface area contributed by atoms with Crippen LogP contribution in [-0.4, -0.2) is 15.0 Å². The van der Waals surface area contributed by atoms with Gasteiger partial charge in [-0.3, -0.25) is 0 Å². The summed E-state index contributed by atoms with van der Waals surface area (Å²) in [5.41, 5.74) is 1.95. The van der Waals surface area contributed by atoms with E-state index < -0.39 is 0 Å². The molecule has 0 spiro atoms. The summed E-state index contributed by atoms with van der Waals surface area (Å²) in [6.07, 6.45) is 0. The molecule has 0 unspecified atom stereocenters. The van der Waals surface area contributed by atoms with Gasteiger partial charge in [-0.1, -0.05) is 46.4 Å². The number of pyridine rings is 1. The Labute approximate surface area is 128 Å². The Morgan fingerprint density at radius 3 is 2.21 bits per heavy atom. The minimum Gasteiger partial charge on any atom is -0.337 e. The first kappa shape index (κ1) is 13.0. The maximum absolute atomic E-state index is 5.97. The molecule has 2 aromatic heterocycles. The van der Waals surface area contributed by atoms with Crippen molar-refractivity contribution >= 4 is 57.6 Å². The highest BCUT2D eigenvalue weighted by Gasteiger charge is 2.10. The van der Waals surface area contributed by atoms with Gasteiger partial charge in [0.15, 0.2) is 5.65 Å². The number of aromatic amines is 1. The van der Waals surface area contributed by atoms with E-state index in [0.717, 1.165) is 5.56 Å². The van der Waals surface area contributed by atoms with E-state index in [1.54, 1.807) is 24.3 Å². The van der Waals surface area contributed by atoms with Crippen molar-refractivity contribution in [3.05, 3.63) is 44.5 Å². The van der Waals surface area contributed by atoms with Crippen molar-refractivity contribution in [3.8, 4) is 11.4 Å². The Hall–Kier alpha value is -1.00. The van der Waals surface area contributed by atoms with Crippen LogP contribution in [0.4, 0.5) is 0 Å². The zero-order valence-electron chi connectivity index (χ0n) is 9.22. The molecule has 0 saturated carbocycles. The Kier molecular flexibility index (Phi) is 3.31. The monoisotopic (exact) mass is 331 g/mol. The maximum Gasteiger partial charge on any atom is 0.179 e. The average Bonchev–Trinajstić information content (AvgIpc) is 2.71. The number of hydrogen-bond donors (Lipinski definition) is 1. The molecule has 0 aliphatic rings. The van der Waals surface area contributed by atoms with Gasteiger partial charge in [0.2, 0.25) is 0 Å². The van der Waals surface area contributed by atoms with Gasteiger partial charge in [0.25, 0.3) is 0 Å². The smallest absolute Gasteiger partial charge is 0.179 e.